The molecule has 0 radical (unpaired) electrons. The van der Waals surface area contributed by atoms with Crippen LogP contribution in [0, 0.1) is 0 Å². The minimum Gasteiger partial charge on any atom is -0.309 e. The van der Waals surface area contributed by atoms with Gasteiger partial charge < -0.3 is 4.57 Å². The van der Waals surface area contributed by atoms with Crippen LogP contribution < -0.4 is 10.6 Å². The van der Waals surface area contributed by atoms with Crippen LogP contribution in [0.15, 0.2) is 118 Å². The molecule has 150 valence electrons. The Morgan fingerprint density at radius 3 is 1.29 bits per heavy atom. The van der Waals surface area contributed by atoms with Gasteiger partial charge in [-0.3, -0.25) is 0 Å². The molecule has 3 aliphatic rings. The zero-order valence-corrected chi connectivity index (χ0v) is 19.8. The third-order valence-corrected chi connectivity index (χ3v) is 11.4. The Labute approximate surface area is 196 Å². The van der Waals surface area contributed by atoms with E-state index in [0.29, 0.717) is 0 Å². The van der Waals surface area contributed by atoms with Crippen LogP contribution in [-0.4, -0.2) is 0 Å². The average molecular weight is 530 g/mol. The molecular weight excluding hydrogens is 510 g/mol. The Morgan fingerprint density at radius 2 is 0.871 bits per heavy atom. The molecule has 2 bridgehead atoms. The number of allylic oxidation sites excluding steroid dienone is 2. The summed E-state index contributed by atoms with van der Waals surface area (Å²) in [5.74, 6) is 0.157. The Kier molecular flexibility index (Phi) is 4.55. The molecule has 0 fully saturated rings. The van der Waals surface area contributed by atoms with Crippen LogP contribution >= 0.6 is 29.7 Å². The number of hydrogen-bond donors (Lipinski definition) is 0. The van der Waals surface area contributed by atoms with Crippen LogP contribution in [0.5, 0.6) is 0 Å². The molecule has 0 spiro atoms. The zero-order chi connectivity index (χ0) is 21.0. The lowest BCUT2D eigenvalue weighted by molar-refractivity contribution is 0.587. The highest BCUT2D eigenvalue weighted by molar-refractivity contribution is 14.1. The van der Waals surface area contributed by atoms with E-state index in [1.54, 1.807) is 0 Å². The van der Waals surface area contributed by atoms with Crippen LogP contribution in [0.1, 0.15) is 34.1 Å². The third kappa shape index (κ3) is 2.71. The summed E-state index contributed by atoms with van der Waals surface area (Å²) < 4.78 is 16.5. The molecule has 1 nitrogen and oxygen atoms in total. The van der Waals surface area contributed by atoms with Crippen LogP contribution in [0.25, 0.3) is 0 Å². The highest BCUT2D eigenvalue weighted by Gasteiger charge is 2.49. The smallest absolute Gasteiger partial charge is 0.168 e. The van der Waals surface area contributed by atoms with Crippen molar-refractivity contribution in [3.63, 3.8) is 0 Å². The maximum absolute atomic E-state index is 15.3. The summed E-state index contributed by atoms with van der Waals surface area (Å²) in [6.07, 6.45) is 0. The molecule has 0 amide bonds. The van der Waals surface area contributed by atoms with E-state index in [4.69, 9.17) is 0 Å². The summed E-state index contributed by atoms with van der Waals surface area (Å²) in [6, 6.07) is 37.5. The third-order valence-electron chi connectivity index (χ3n) is 6.59. The maximum atomic E-state index is 15.3. The first kappa shape index (κ1) is 19.3. The van der Waals surface area contributed by atoms with Gasteiger partial charge in [-0.2, -0.15) is 0 Å². The van der Waals surface area contributed by atoms with Crippen molar-refractivity contribution in [3.8, 4) is 0 Å². The second-order valence-corrected chi connectivity index (χ2v) is 12.0. The van der Waals surface area contributed by atoms with Gasteiger partial charge in [-0.05, 0) is 44.8 Å². The fraction of sp³-hybridized carbons (Fsp3) is 0.0714. The zero-order valence-electron chi connectivity index (χ0n) is 16.8. The summed E-state index contributed by atoms with van der Waals surface area (Å²) in [6.45, 7) is 0. The molecule has 7 rings (SSSR count). The quantitative estimate of drug-likeness (QED) is 0.207. The van der Waals surface area contributed by atoms with Gasteiger partial charge in [0, 0.05) is 31.3 Å². The second-order valence-electron chi connectivity index (χ2n) is 8.14. The predicted molar refractivity (Wildman–Crippen MR) is 137 cm³/mol. The number of hydrogen-bond acceptors (Lipinski definition) is 1. The summed E-state index contributed by atoms with van der Waals surface area (Å²) in [5.41, 5.74) is 5.31. The summed E-state index contributed by atoms with van der Waals surface area (Å²) in [7, 11) is -3.04. The Hall–Kier alpha value is -2.42. The lowest BCUT2D eigenvalue weighted by atomic mass is 9.68. The second kappa shape index (κ2) is 7.32. The Morgan fingerprint density at radius 1 is 0.516 bits per heavy atom. The van der Waals surface area contributed by atoms with Gasteiger partial charge in [-0.15, -0.1) is 0 Å². The molecule has 0 saturated carbocycles. The first-order valence-corrected chi connectivity index (χ1v) is 13.3. The average Bonchev–Trinajstić information content (AvgIpc) is 2.84. The molecular formula is C28H20IOP. The van der Waals surface area contributed by atoms with Gasteiger partial charge in [0.05, 0.1) is 0 Å². The molecule has 31 heavy (non-hydrogen) atoms. The summed E-state index contributed by atoms with van der Waals surface area (Å²) >= 11 is 2.49. The fourth-order valence-corrected chi connectivity index (χ4v) is 10.4. The van der Waals surface area contributed by atoms with Crippen molar-refractivity contribution in [2.75, 3.05) is 0 Å². The van der Waals surface area contributed by atoms with Crippen LogP contribution in [0.4, 0.5) is 0 Å². The van der Waals surface area contributed by atoms with E-state index in [0.717, 1.165) is 15.9 Å². The van der Waals surface area contributed by atoms with E-state index in [-0.39, 0.29) is 11.8 Å². The molecule has 0 atom stereocenters. The van der Waals surface area contributed by atoms with Gasteiger partial charge in [0.15, 0.2) is 7.14 Å². The molecule has 4 aromatic carbocycles. The van der Waals surface area contributed by atoms with Crippen molar-refractivity contribution in [2.24, 2.45) is 0 Å². The van der Waals surface area contributed by atoms with E-state index in [1.807, 2.05) is 60.7 Å². The van der Waals surface area contributed by atoms with Gasteiger partial charge in [-0.1, -0.05) is 109 Å². The monoisotopic (exact) mass is 530 g/mol. The number of benzene rings is 4. The van der Waals surface area contributed by atoms with Crippen molar-refractivity contribution >= 4 is 40.3 Å². The fourth-order valence-electron chi connectivity index (χ4n) is 5.30. The molecule has 0 aromatic heterocycles. The van der Waals surface area contributed by atoms with E-state index in [2.05, 4.69) is 71.1 Å². The maximum Gasteiger partial charge on any atom is 0.168 e. The molecule has 0 saturated heterocycles. The van der Waals surface area contributed by atoms with Crippen molar-refractivity contribution in [1.29, 1.82) is 0 Å². The standard InChI is InChI=1S/C28H20IOP/c29-27-25-21-15-7-9-17-23(21)26(24-18-10-8-16-22(24)25)28(27)31(30,19-11-3-1-4-12-19)20-13-5-2-6-14-20/h1-18,25-26H. The number of rotatable bonds is 3. The Balaban J connectivity index is 1.71. The van der Waals surface area contributed by atoms with Gasteiger partial charge in [0.2, 0.25) is 0 Å². The van der Waals surface area contributed by atoms with Crippen LogP contribution in [0.2, 0.25) is 0 Å². The molecule has 4 aromatic rings. The van der Waals surface area contributed by atoms with Gasteiger partial charge in [0.25, 0.3) is 0 Å². The number of halogens is 1. The van der Waals surface area contributed by atoms with E-state index in [9.17, 15) is 0 Å². The van der Waals surface area contributed by atoms with Gasteiger partial charge >= 0.3 is 0 Å². The van der Waals surface area contributed by atoms with Crippen molar-refractivity contribution < 1.29 is 4.57 Å². The molecule has 0 unspecified atom stereocenters. The Bertz CT molecular complexity index is 1280. The molecule has 3 aliphatic carbocycles. The normalized spacial score (nSPS) is 19.1. The SMILES string of the molecule is O=P(C1=C(I)C2c3ccccc3C1c1ccccc12)(c1ccccc1)c1ccccc1. The largest absolute Gasteiger partial charge is 0.309 e. The first-order valence-electron chi connectivity index (χ1n) is 10.5. The lowest BCUT2D eigenvalue weighted by Gasteiger charge is -2.44. The highest BCUT2D eigenvalue weighted by Crippen LogP contribution is 2.68. The molecule has 0 N–H and O–H groups in total. The first-order chi connectivity index (χ1) is 15.2. The van der Waals surface area contributed by atoms with Crippen LogP contribution in [-0.2, 0) is 4.57 Å². The van der Waals surface area contributed by atoms with E-state index < -0.39 is 7.14 Å². The molecule has 0 heterocycles. The van der Waals surface area contributed by atoms with E-state index >= 15 is 4.57 Å². The molecule has 0 aliphatic heterocycles. The predicted octanol–water partition coefficient (Wildman–Crippen LogP) is 6.94. The minimum atomic E-state index is -3.04. The van der Waals surface area contributed by atoms with Crippen molar-refractivity contribution in [1.82, 2.24) is 0 Å². The summed E-state index contributed by atoms with van der Waals surface area (Å²) in [4.78, 5) is 0. The van der Waals surface area contributed by atoms with Crippen LogP contribution in [0.3, 0.4) is 0 Å². The van der Waals surface area contributed by atoms with Crippen molar-refractivity contribution in [2.45, 2.75) is 11.8 Å². The topological polar surface area (TPSA) is 17.1 Å². The minimum absolute atomic E-state index is 0.00976. The highest BCUT2D eigenvalue weighted by atomic mass is 127. The van der Waals surface area contributed by atoms with E-state index in [1.165, 1.54) is 25.8 Å². The van der Waals surface area contributed by atoms with Crippen molar-refractivity contribution in [3.05, 3.63) is 140 Å². The summed E-state index contributed by atoms with van der Waals surface area (Å²) in [5, 5.41) is 2.91. The van der Waals surface area contributed by atoms with Gasteiger partial charge in [0.1, 0.15) is 0 Å². The lowest BCUT2D eigenvalue weighted by Crippen LogP contribution is -2.30. The molecule has 3 heteroatoms. The van der Waals surface area contributed by atoms with Gasteiger partial charge in [-0.25, -0.2) is 0 Å².